The maximum atomic E-state index is 12.2. The molecule has 1 aromatic carbocycles. The van der Waals surface area contributed by atoms with Gasteiger partial charge in [-0.15, -0.1) is 0 Å². The highest BCUT2D eigenvalue weighted by atomic mass is 32.2. The lowest BCUT2D eigenvalue weighted by Crippen LogP contribution is -2.52. The molecule has 0 aliphatic carbocycles. The maximum Gasteiger partial charge on any atom is 0.240 e. The number of nitrogens with one attached hydrogen (secondary N) is 2. The molecule has 1 aromatic rings. The zero-order chi connectivity index (χ0) is 19.9. The van der Waals surface area contributed by atoms with Gasteiger partial charge in [-0.2, -0.15) is 0 Å². The fraction of sp³-hybridized carbons (Fsp3) is 0.611. The lowest BCUT2D eigenvalue weighted by molar-refractivity contribution is -0.128. The minimum absolute atomic E-state index is 0.110. The molecule has 8 nitrogen and oxygen atoms in total. The number of amides is 1. The molecule has 9 heteroatoms. The first kappa shape index (κ1) is 21.8. The van der Waals surface area contributed by atoms with Gasteiger partial charge in [0.05, 0.1) is 30.2 Å². The molecular formula is C18H29N3O5S. The number of carbonyl (C=O) groups excluding carboxylic acids is 1. The second kappa shape index (κ2) is 10.1. The number of sulfonamides is 1. The highest BCUT2D eigenvalue weighted by Gasteiger charge is 2.31. The SMILES string of the molecule is CN(C)CC(=O)N[C@@H]1CC[C@@H](CCNS(=O)(=O)c2ccccc2)O[C@@H]1CO. The van der Waals surface area contributed by atoms with Crippen LogP contribution in [0.15, 0.2) is 35.2 Å². The average Bonchev–Trinajstić information content (AvgIpc) is 2.62. The van der Waals surface area contributed by atoms with Crippen molar-refractivity contribution < 1.29 is 23.1 Å². The second-order valence-corrected chi connectivity index (χ2v) is 8.73. The van der Waals surface area contributed by atoms with Crippen molar-refractivity contribution >= 4 is 15.9 Å². The van der Waals surface area contributed by atoms with Crippen LogP contribution in [0.1, 0.15) is 19.3 Å². The molecule has 2 rings (SSSR count). The minimum Gasteiger partial charge on any atom is -0.394 e. The molecule has 152 valence electrons. The number of rotatable bonds is 9. The van der Waals surface area contributed by atoms with E-state index in [4.69, 9.17) is 4.74 Å². The van der Waals surface area contributed by atoms with E-state index in [0.29, 0.717) is 19.3 Å². The molecule has 0 saturated carbocycles. The summed E-state index contributed by atoms with van der Waals surface area (Å²) in [5, 5.41) is 12.5. The van der Waals surface area contributed by atoms with Crippen molar-refractivity contribution in [1.29, 1.82) is 0 Å². The van der Waals surface area contributed by atoms with Crippen LogP contribution in [-0.4, -0.2) is 76.4 Å². The fourth-order valence-electron chi connectivity index (χ4n) is 3.09. The molecule has 1 aliphatic rings. The third kappa shape index (κ3) is 6.86. The smallest absolute Gasteiger partial charge is 0.240 e. The molecule has 3 atom stereocenters. The summed E-state index contributed by atoms with van der Waals surface area (Å²) in [6.45, 7) is 0.330. The Labute approximate surface area is 160 Å². The topological polar surface area (TPSA) is 108 Å². The molecular weight excluding hydrogens is 370 g/mol. The molecule has 0 spiro atoms. The van der Waals surface area contributed by atoms with Crippen molar-refractivity contribution in [2.24, 2.45) is 0 Å². The molecule has 1 fully saturated rings. The van der Waals surface area contributed by atoms with Crippen LogP contribution in [-0.2, 0) is 19.6 Å². The number of aliphatic hydroxyl groups excluding tert-OH is 1. The number of aliphatic hydroxyl groups is 1. The van der Waals surface area contributed by atoms with Gasteiger partial charge < -0.3 is 20.1 Å². The van der Waals surface area contributed by atoms with Crippen molar-refractivity contribution in [3.05, 3.63) is 30.3 Å². The van der Waals surface area contributed by atoms with Crippen LogP contribution in [0.2, 0.25) is 0 Å². The van der Waals surface area contributed by atoms with Gasteiger partial charge in [0.2, 0.25) is 15.9 Å². The van der Waals surface area contributed by atoms with E-state index in [-0.39, 0.29) is 42.6 Å². The number of likely N-dealkylation sites (N-methyl/N-ethyl adjacent to an activating group) is 1. The van der Waals surface area contributed by atoms with Crippen LogP contribution in [0.5, 0.6) is 0 Å². The van der Waals surface area contributed by atoms with Crippen LogP contribution in [0.4, 0.5) is 0 Å². The first-order valence-electron chi connectivity index (χ1n) is 9.07. The van der Waals surface area contributed by atoms with Gasteiger partial charge in [-0.05, 0) is 45.5 Å². The molecule has 1 heterocycles. The molecule has 1 saturated heterocycles. The third-order valence-electron chi connectivity index (χ3n) is 4.41. The number of carbonyl (C=O) groups is 1. The fourth-order valence-corrected chi connectivity index (χ4v) is 4.15. The second-order valence-electron chi connectivity index (χ2n) is 6.97. The molecule has 27 heavy (non-hydrogen) atoms. The van der Waals surface area contributed by atoms with E-state index in [1.165, 1.54) is 0 Å². The van der Waals surface area contributed by atoms with Gasteiger partial charge in [-0.25, -0.2) is 13.1 Å². The van der Waals surface area contributed by atoms with Crippen LogP contribution < -0.4 is 10.0 Å². The van der Waals surface area contributed by atoms with Gasteiger partial charge in [0.15, 0.2) is 0 Å². The van der Waals surface area contributed by atoms with E-state index in [2.05, 4.69) is 10.0 Å². The first-order valence-corrected chi connectivity index (χ1v) is 10.5. The summed E-state index contributed by atoms with van der Waals surface area (Å²) in [4.78, 5) is 13.9. The standard InChI is InChI=1S/C18H29N3O5S/c1-21(2)12-18(23)20-16-9-8-14(26-17(16)13-22)10-11-19-27(24,25)15-6-4-3-5-7-15/h3-7,14,16-17,19,22H,8-13H2,1-2H3,(H,20,23)/t14-,16+,17+/m0/s1. The van der Waals surface area contributed by atoms with Crippen molar-refractivity contribution in [1.82, 2.24) is 14.9 Å². The molecule has 0 aromatic heterocycles. The Morgan fingerprint density at radius 3 is 2.59 bits per heavy atom. The van der Waals surface area contributed by atoms with Crippen molar-refractivity contribution in [3.63, 3.8) is 0 Å². The number of hydrogen-bond acceptors (Lipinski definition) is 6. The summed E-state index contributed by atoms with van der Waals surface area (Å²) in [5.41, 5.74) is 0. The lowest BCUT2D eigenvalue weighted by Gasteiger charge is -2.36. The first-order chi connectivity index (χ1) is 12.8. The summed E-state index contributed by atoms with van der Waals surface area (Å²) in [5.74, 6) is -0.110. The molecule has 0 radical (unpaired) electrons. The predicted molar refractivity (Wildman–Crippen MR) is 102 cm³/mol. The van der Waals surface area contributed by atoms with Crippen LogP contribution in [0.25, 0.3) is 0 Å². The normalized spacial score (nSPS) is 23.3. The zero-order valence-electron chi connectivity index (χ0n) is 15.8. The number of benzene rings is 1. The maximum absolute atomic E-state index is 12.2. The summed E-state index contributed by atoms with van der Waals surface area (Å²) in [6, 6.07) is 7.96. The largest absolute Gasteiger partial charge is 0.394 e. The number of ether oxygens (including phenoxy) is 1. The molecule has 0 unspecified atom stereocenters. The molecule has 1 aliphatic heterocycles. The van der Waals surface area contributed by atoms with E-state index in [1.54, 1.807) is 35.2 Å². The Hall–Kier alpha value is -1.52. The van der Waals surface area contributed by atoms with Crippen LogP contribution in [0.3, 0.4) is 0 Å². The van der Waals surface area contributed by atoms with Gasteiger partial charge in [0.25, 0.3) is 0 Å². The lowest BCUT2D eigenvalue weighted by atomic mass is 9.97. The highest BCUT2D eigenvalue weighted by molar-refractivity contribution is 7.89. The van der Waals surface area contributed by atoms with Crippen molar-refractivity contribution in [2.75, 3.05) is 33.8 Å². The van der Waals surface area contributed by atoms with Crippen LogP contribution in [0, 0.1) is 0 Å². The monoisotopic (exact) mass is 399 g/mol. The Morgan fingerprint density at radius 2 is 1.96 bits per heavy atom. The van der Waals surface area contributed by atoms with E-state index >= 15 is 0 Å². The quantitative estimate of drug-likeness (QED) is 0.537. The van der Waals surface area contributed by atoms with Gasteiger partial charge in [-0.3, -0.25) is 4.79 Å². The van der Waals surface area contributed by atoms with Gasteiger partial charge in [0, 0.05) is 6.54 Å². The van der Waals surface area contributed by atoms with Crippen molar-refractivity contribution in [3.8, 4) is 0 Å². The summed E-state index contributed by atoms with van der Waals surface area (Å²) >= 11 is 0. The van der Waals surface area contributed by atoms with Crippen molar-refractivity contribution in [2.45, 2.75) is 42.4 Å². The number of hydrogen-bond donors (Lipinski definition) is 3. The van der Waals surface area contributed by atoms with Gasteiger partial charge in [-0.1, -0.05) is 18.2 Å². The van der Waals surface area contributed by atoms with E-state index in [1.807, 2.05) is 14.1 Å². The third-order valence-corrected chi connectivity index (χ3v) is 5.89. The summed E-state index contributed by atoms with van der Waals surface area (Å²) in [6.07, 6.45) is 1.22. The Bertz CT molecular complexity index is 696. The van der Waals surface area contributed by atoms with E-state index < -0.39 is 16.1 Å². The summed E-state index contributed by atoms with van der Waals surface area (Å²) in [7, 11) is 0.0900. The Balaban J connectivity index is 1.80. The molecule has 3 N–H and O–H groups in total. The average molecular weight is 400 g/mol. The Morgan fingerprint density at radius 1 is 1.26 bits per heavy atom. The van der Waals surface area contributed by atoms with Gasteiger partial charge in [0.1, 0.15) is 6.10 Å². The number of nitrogens with zero attached hydrogens (tertiary/aromatic N) is 1. The van der Waals surface area contributed by atoms with E-state index in [9.17, 15) is 18.3 Å². The zero-order valence-corrected chi connectivity index (χ0v) is 16.6. The van der Waals surface area contributed by atoms with E-state index in [0.717, 1.165) is 0 Å². The minimum atomic E-state index is -3.54. The highest BCUT2D eigenvalue weighted by Crippen LogP contribution is 2.22. The summed E-state index contributed by atoms with van der Waals surface area (Å²) < 4.78 is 32.9. The molecule has 0 bridgehead atoms. The molecule has 1 amide bonds. The predicted octanol–water partition coefficient (Wildman–Crippen LogP) is -0.0587. The van der Waals surface area contributed by atoms with Crippen LogP contribution >= 0.6 is 0 Å². The Kier molecular flexibility index (Phi) is 8.18. The van der Waals surface area contributed by atoms with Gasteiger partial charge >= 0.3 is 0 Å².